The van der Waals surface area contributed by atoms with Gasteiger partial charge in [0.25, 0.3) is 5.91 Å². The number of hydrogen-bond acceptors (Lipinski definition) is 3. The molecule has 1 aromatic carbocycles. The molecule has 0 aromatic heterocycles. The molecule has 6 heteroatoms. The van der Waals surface area contributed by atoms with Gasteiger partial charge in [0.05, 0.1) is 6.54 Å². The van der Waals surface area contributed by atoms with Gasteiger partial charge in [-0.15, -0.1) is 0 Å². The smallest absolute Gasteiger partial charge is 0.251 e. The van der Waals surface area contributed by atoms with Gasteiger partial charge >= 0.3 is 0 Å². The number of likely N-dealkylation sites (tertiary alicyclic amines) is 1. The molecule has 0 radical (unpaired) electrons. The fourth-order valence-corrected chi connectivity index (χ4v) is 3.13. The van der Waals surface area contributed by atoms with Crippen molar-refractivity contribution in [2.24, 2.45) is 0 Å². The Hall–Kier alpha value is -1.40. The summed E-state index contributed by atoms with van der Waals surface area (Å²) >= 11 is 3.32. The highest BCUT2D eigenvalue weighted by Gasteiger charge is 2.23. The predicted octanol–water partition coefficient (Wildman–Crippen LogP) is 1.78. The highest BCUT2D eigenvalue weighted by molar-refractivity contribution is 9.10. The molecule has 5 nitrogen and oxygen atoms in total. The molecule has 0 bridgehead atoms. The van der Waals surface area contributed by atoms with Crippen LogP contribution in [-0.4, -0.2) is 48.9 Å². The molecular formula is C16H22BrN3O2. The molecule has 1 fully saturated rings. The van der Waals surface area contributed by atoms with Crippen LogP contribution in [0.3, 0.4) is 0 Å². The van der Waals surface area contributed by atoms with Crippen molar-refractivity contribution in [3.05, 3.63) is 34.3 Å². The van der Waals surface area contributed by atoms with Gasteiger partial charge < -0.3 is 10.6 Å². The summed E-state index contributed by atoms with van der Waals surface area (Å²) in [5.41, 5.74) is 0.537. The van der Waals surface area contributed by atoms with Gasteiger partial charge in [-0.25, -0.2) is 0 Å². The third-order valence-corrected chi connectivity index (χ3v) is 4.43. The number of nitrogens with zero attached hydrogens (tertiary/aromatic N) is 1. The van der Waals surface area contributed by atoms with E-state index in [0.29, 0.717) is 18.2 Å². The van der Waals surface area contributed by atoms with Crippen molar-refractivity contribution in [3.63, 3.8) is 0 Å². The van der Waals surface area contributed by atoms with E-state index in [2.05, 4.69) is 38.4 Å². The molecule has 0 saturated carbocycles. The van der Waals surface area contributed by atoms with E-state index in [9.17, 15) is 9.59 Å². The van der Waals surface area contributed by atoms with Crippen molar-refractivity contribution in [1.29, 1.82) is 0 Å². The van der Waals surface area contributed by atoms with Crippen LogP contribution in [0.5, 0.6) is 0 Å². The minimum Gasteiger partial charge on any atom is -0.353 e. The fraction of sp³-hybridized carbons (Fsp3) is 0.500. The summed E-state index contributed by atoms with van der Waals surface area (Å²) in [7, 11) is 0. The summed E-state index contributed by atoms with van der Waals surface area (Å²) in [5.74, 6) is -0.390. The molecule has 22 heavy (non-hydrogen) atoms. The highest BCUT2D eigenvalue weighted by atomic mass is 79.9. The van der Waals surface area contributed by atoms with Crippen molar-refractivity contribution in [3.8, 4) is 0 Å². The van der Waals surface area contributed by atoms with E-state index in [1.54, 1.807) is 18.2 Å². The Balaban J connectivity index is 1.72. The van der Waals surface area contributed by atoms with Crippen LogP contribution >= 0.6 is 15.9 Å². The van der Waals surface area contributed by atoms with E-state index in [0.717, 1.165) is 24.0 Å². The van der Waals surface area contributed by atoms with Crippen LogP contribution in [0.2, 0.25) is 0 Å². The first-order valence-electron chi connectivity index (χ1n) is 7.64. The van der Waals surface area contributed by atoms with Crippen LogP contribution in [0.25, 0.3) is 0 Å². The topological polar surface area (TPSA) is 61.4 Å². The number of rotatable bonds is 6. The zero-order chi connectivity index (χ0) is 15.9. The molecule has 1 atom stereocenters. The molecule has 120 valence electrons. The van der Waals surface area contributed by atoms with Gasteiger partial charge in [-0.05, 0) is 44.1 Å². The molecule has 1 saturated heterocycles. The molecule has 1 aliphatic heterocycles. The SMILES string of the molecule is CCN1CCCC1CNC(=O)CNC(=O)c1cccc(Br)c1. The van der Waals surface area contributed by atoms with E-state index in [-0.39, 0.29) is 18.4 Å². The number of nitrogens with one attached hydrogen (secondary N) is 2. The maximum atomic E-state index is 11.9. The van der Waals surface area contributed by atoms with E-state index >= 15 is 0 Å². The maximum Gasteiger partial charge on any atom is 0.251 e. The summed E-state index contributed by atoms with van der Waals surface area (Å²) in [6.45, 7) is 4.92. The average Bonchev–Trinajstić information content (AvgIpc) is 2.98. The van der Waals surface area contributed by atoms with Gasteiger partial charge in [0.15, 0.2) is 0 Å². The lowest BCUT2D eigenvalue weighted by atomic mass is 10.2. The van der Waals surface area contributed by atoms with E-state index in [1.807, 2.05) is 6.07 Å². The first-order valence-corrected chi connectivity index (χ1v) is 8.44. The standard InChI is InChI=1S/C16H22BrN3O2/c1-2-20-8-4-7-14(20)10-18-15(21)11-19-16(22)12-5-3-6-13(17)9-12/h3,5-6,9,14H,2,4,7-8,10-11H2,1H3,(H,18,21)(H,19,22). The van der Waals surface area contributed by atoms with Crippen LogP contribution in [-0.2, 0) is 4.79 Å². The molecule has 1 aromatic rings. The second-order valence-corrected chi connectivity index (χ2v) is 6.34. The molecule has 0 spiro atoms. The summed E-state index contributed by atoms with van der Waals surface area (Å²) in [6.07, 6.45) is 2.31. The first-order chi connectivity index (χ1) is 10.6. The zero-order valence-corrected chi connectivity index (χ0v) is 14.4. The second kappa shape index (κ2) is 8.29. The van der Waals surface area contributed by atoms with Crippen molar-refractivity contribution < 1.29 is 9.59 Å². The van der Waals surface area contributed by atoms with Gasteiger partial charge in [0, 0.05) is 22.6 Å². The third-order valence-electron chi connectivity index (χ3n) is 3.94. The molecule has 2 amide bonds. The zero-order valence-electron chi connectivity index (χ0n) is 12.8. The second-order valence-electron chi connectivity index (χ2n) is 5.42. The number of halogens is 1. The Morgan fingerprint density at radius 2 is 2.18 bits per heavy atom. The molecule has 2 N–H and O–H groups in total. The number of likely N-dealkylation sites (N-methyl/N-ethyl adjacent to an activating group) is 1. The van der Waals surface area contributed by atoms with Crippen LogP contribution in [0.15, 0.2) is 28.7 Å². The van der Waals surface area contributed by atoms with Crippen LogP contribution in [0.4, 0.5) is 0 Å². The van der Waals surface area contributed by atoms with Crippen molar-refractivity contribution in [2.75, 3.05) is 26.2 Å². The minimum absolute atomic E-state index is 0.00416. The molecule has 1 unspecified atom stereocenters. The monoisotopic (exact) mass is 367 g/mol. The summed E-state index contributed by atoms with van der Waals surface area (Å²) < 4.78 is 0.838. The van der Waals surface area contributed by atoms with Gasteiger partial charge in [-0.3, -0.25) is 14.5 Å². The molecule has 2 rings (SSSR count). The lowest BCUT2D eigenvalue weighted by Gasteiger charge is -2.22. The summed E-state index contributed by atoms with van der Waals surface area (Å²) in [4.78, 5) is 26.2. The highest BCUT2D eigenvalue weighted by Crippen LogP contribution is 2.15. The van der Waals surface area contributed by atoms with E-state index in [4.69, 9.17) is 0 Å². The lowest BCUT2D eigenvalue weighted by Crippen LogP contribution is -2.43. The predicted molar refractivity (Wildman–Crippen MR) is 89.8 cm³/mol. The van der Waals surface area contributed by atoms with Crippen LogP contribution in [0, 0.1) is 0 Å². The normalized spacial score (nSPS) is 18.2. The van der Waals surface area contributed by atoms with Crippen molar-refractivity contribution in [2.45, 2.75) is 25.8 Å². The molecular weight excluding hydrogens is 346 g/mol. The first kappa shape index (κ1) is 17.0. The number of benzene rings is 1. The fourth-order valence-electron chi connectivity index (χ4n) is 2.73. The van der Waals surface area contributed by atoms with Gasteiger partial charge in [0.1, 0.15) is 0 Å². The average molecular weight is 368 g/mol. The Bertz CT molecular complexity index is 536. The van der Waals surface area contributed by atoms with Crippen molar-refractivity contribution in [1.82, 2.24) is 15.5 Å². The van der Waals surface area contributed by atoms with Crippen molar-refractivity contribution >= 4 is 27.7 Å². The van der Waals surface area contributed by atoms with Gasteiger partial charge in [-0.1, -0.05) is 28.9 Å². The van der Waals surface area contributed by atoms with Crippen LogP contribution in [0.1, 0.15) is 30.1 Å². The Kier molecular flexibility index (Phi) is 6.39. The Morgan fingerprint density at radius 3 is 2.91 bits per heavy atom. The van der Waals surface area contributed by atoms with Gasteiger partial charge in [0.2, 0.25) is 5.91 Å². The van der Waals surface area contributed by atoms with E-state index < -0.39 is 0 Å². The summed E-state index contributed by atoms with van der Waals surface area (Å²) in [5, 5.41) is 5.54. The Labute approximate surface area is 139 Å². The quantitative estimate of drug-likeness (QED) is 0.805. The minimum atomic E-state index is -0.243. The number of carbonyl (C=O) groups excluding carboxylic acids is 2. The molecule has 1 aliphatic rings. The van der Waals surface area contributed by atoms with Crippen LogP contribution < -0.4 is 10.6 Å². The number of hydrogen-bond donors (Lipinski definition) is 2. The third kappa shape index (κ3) is 4.81. The number of carbonyl (C=O) groups is 2. The summed E-state index contributed by atoms with van der Waals surface area (Å²) in [6, 6.07) is 7.51. The molecule has 1 heterocycles. The lowest BCUT2D eigenvalue weighted by molar-refractivity contribution is -0.120. The maximum absolute atomic E-state index is 11.9. The Morgan fingerprint density at radius 1 is 1.36 bits per heavy atom. The van der Waals surface area contributed by atoms with Gasteiger partial charge in [-0.2, -0.15) is 0 Å². The van der Waals surface area contributed by atoms with E-state index in [1.165, 1.54) is 6.42 Å². The molecule has 0 aliphatic carbocycles. The number of amides is 2. The largest absolute Gasteiger partial charge is 0.353 e.